The summed E-state index contributed by atoms with van der Waals surface area (Å²) < 4.78 is 0. The number of carbonyl (C=O) groups excluding carboxylic acids is 2. The van der Waals surface area contributed by atoms with Crippen molar-refractivity contribution < 1.29 is 9.59 Å². The van der Waals surface area contributed by atoms with Gasteiger partial charge in [-0.3, -0.25) is 4.79 Å². The minimum atomic E-state index is -0.0557. The molecule has 1 aliphatic carbocycles. The molecule has 22 heavy (non-hydrogen) atoms. The molecular formula is C17H31N3O2. The van der Waals surface area contributed by atoms with E-state index in [9.17, 15) is 9.59 Å². The zero-order valence-corrected chi connectivity index (χ0v) is 14.1. The van der Waals surface area contributed by atoms with E-state index in [2.05, 4.69) is 17.6 Å². The van der Waals surface area contributed by atoms with Crippen LogP contribution in [-0.4, -0.2) is 42.0 Å². The van der Waals surface area contributed by atoms with E-state index in [0.29, 0.717) is 12.6 Å². The first kappa shape index (κ1) is 17.1. The van der Waals surface area contributed by atoms with Crippen molar-refractivity contribution in [2.24, 2.45) is 5.92 Å². The van der Waals surface area contributed by atoms with Crippen molar-refractivity contribution in [3.63, 3.8) is 0 Å². The van der Waals surface area contributed by atoms with Crippen LogP contribution >= 0.6 is 0 Å². The predicted molar refractivity (Wildman–Crippen MR) is 87.6 cm³/mol. The summed E-state index contributed by atoms with van der Waals surface area (Å²) >= 11 is 0. The summed E-state index contributed by atoms with van der Waals surface area (Å²) in [5, 5.41) is 6.20. The molecule has 2 fully saturated rings. The Hall–Kier alpha value is -1.26. The average Bonchev–Trinajstić information content (AvgIpc) is 2.55. The van der Waals surface area contributed by atoms with Crippen molar-refractivity contribution in [3.8, 4) is 0 Å². The molecule has 1 heterocycles. The van der Waals surface area contributed by atoms with Gasteiger partial charge in [-0.1, -0.05) is 26.2 Å². The lowest BCUT2D eigenvalue weighted by Gasteiger charge is -2.34. The van der Waals surface area contributed by atoms with Gasteiger partial charge >= 0.3 is 6.03 Å². The van der Waals surface area contributed by atoms with Crippen LogP contribution in [0.15, 0.2) is 0 Å². The smallest absolute Gasteiger partial charge is 0.317 e. The van der Waals surface area contributed by atoms with E-state index < -0.39 is 0 Å². The molecular weight excluding hydrogens is 278 g/mol. The first-order valence-corrected chi connectivity index (χ1v) is 8.96. The highest BCUT2D eigenvalue weighted by Gasteiger charge is 2.29. The van der Waals surface area contributed by atoms with E-state index in [1.807, 2.05) is 11.8 Å². The molecule has 2 N–H and O–H groups in total. The molecule has 1 aliphatic heterocycles. The standard InChI is InChI=1S/C17H31N3O2/c1-3-13(2)18-16(21)14-8-7-11-20(12-14)17(22)19-15-9-5-4-6-10-15/h13-15H,3-12H2,1-2H3,(H,18,21)(H,19,22)/t13-,14-/m1/s1. The molecule has 0 unspecified atom stereocenters. The summed E-state index contributed by atoms with van der Waals surface area (Å²) in [4.78, 5) is 26.5. The molecule has 2 rings (SSSR count). The molecule has 5 heteroatoms. The molecule has 2 aliphatic rings. The molecule has 126 valence electrons. The summed E-state index contributed by atoms with van der Waals surface area (Å²) in [5.74, 6) is 0.0457. The molecule has 1 saturated heterocycles. The first-order chi connectivity index (χ1) is 10.6. The summed E-state index contributed by atoms with van der Waals surface area (Å²) in [6.45, 7) is 5.41. The molecule has 1 saturated carbocycles. The molecule has 5 nitrogen and oxygen atoms in total. The summed E-state index contributed by atoms with van der Waals surface area (Å²) in [7, 11) is 0. The van der Waals surface area contributed by atoms with Gasteiger partial charge in [-0.25, -0.2) is 4.79 Å². The fraction of sp³-hybridized carbons (Fsp3) is 0.882. The third-order valence-corrected chi connectivity index (χ3v) is 5.01. The zero-order valence-electron chi connectivity index (χ0n) is 14.1. The van der Waals surface area contributed by atoms with Gasteiger partial charge in [0.1, 0.15) is 0 Å². The molecule has 0 radical (unpaired) electrons. The Kier molecular flexibility index (Phi) is 6.52. The molecule has 0 aromatic heterocycles. The fourth-order valence-electron chi connectivity index (χ4n) is 3.35. The number of amides is 3. The van der Waals surface area contributed by atoms with Crippen molar-refractivity contribution >= 4 is 11.9 Å². The van der Waals surface area contributed by atoms with Gasteiger partial charge in [0.2, 0.25) is 5.91 Å². The highest BCUT2D eigenvalue weighted by atomic mass is 16.2. The highest BCUT2D eigenvalue weighted by molar-refractivity contribution is 5.81. The SMILES string of the molecule is CC[C@@H](C)NC(=O)[C@@H]1CCCN(C(=O)NC2CCCCC2)C1. The van der Waals surface area contributed by atoms with E-state index in [1.165, 1.54) is 19.3 Å². The van der Waals surface area contributed by atoms with Gasteiger partial charge in [0, 0.05) is 25.2 Å². The molecule has 0 spiro atoms. The number of hydrogen-bond donors (Lipinski definition) is 2. The largest absolute Gasteiger partial charge is 0.353 e. The Morgan fingerprint density at radius 1 is 1.14 bits per heavy atom. The van der Waals surface area contributed by atoms with E-state index in [1.54, 1.807) is 0 Å². The van der Waals surface area contributed by atoms with E-state index in [0.717, 1.165) is 38.6 Å². The van der Waals surface area contributed by atoms with E-state index >= 15 is 0 Å². The Morgan fingerprint density at radius 2 is 1.86 bits per heavy atom. The van der Waals surface area contributed by atoms with Crippen LogP contribution in [0.4, 0.5) is 4.79 Å². The highest BCUT2D eigenvalue weighted by Crippen LogP contribution is 2.20. The van der Waals surface area contributed by atoms with E-state index in [-0.39, 0.29) is 23.9 Å². The fourth-order valence-corrected chi connectivity index (χ4v) is 3.35. The van der Waals surface area contributed by atoms with Crippen LogP contribution < -0.4 is 10.6 Å². The summed E-state index contributed by atoms with van der Waals surface area (Å²) in [5.41, 5.74) is 0. The van der Waals surface area contributed by atoms with Crippen molar-refractivity contribution in [3.05, 3.63) is 0 Å². The predicted octanol–water partition coefficient (Wildman–Crippen LogP) is 2.66. The number of carbonyl (C=O) groups is 2. The Morgan fingerprint density at radius 3 is 2.55 bits per heavy atom. The Labute approximate surface area is 134 Å². The monoisotopic (exact) mass is 309 g/mol. The minimum Gasteiger partial charge on any atom is -0.353 e. The number of piperidine rings is 1. The van der Waals surface area contributed by atoms with Gasteiger partial charge in [0.15, 0.2) is 0 Å². The van der Waals surface area contributed by atoms with Crippen molar-refractivity contribution in [1.82, 2.24) is 15.5 Å². The van der Waals surface area contributed by atoms with Crippen molar-refractivity contribution in [2.75, 3.05) is 13.1 Å². The zero-order chi connectivity index (χ0) is 15.9. The van der Waals surface area contributed by atoms with Gasteiger partial charge in [-0.2, -0.15) is 0 Å². The first-order valence-electron chi connectivity index (χ1n) is 8.96. The lowest BCUT2D eigenvalue weighted by atomic mass is 9.95. The van der Waals surface area contributed by atoms with Crippen LogP contribution in [0.3, 0.4) is 0 Å². The number of nitrogens with zero attached hydrogens (tertiary/aromatic N) is 1. The maximum atomic E-state index is 12.4. The minimum absolute atomic E-state index is 0.0212. The number of urea groups is 1. The Balaban J connectivity index is 1.81. The van der Waals surface area contributed by atoms with Crippen LogP contribution in [0, 0.1) is 5.92 Å². The number of hydrogen-bond acceptors (Lipinski definition) is 2. The number of rotatable bonds is 4. The molecule has 0 bridgehead atoms. The Bertz CT molecular complexity index is 380. The molecule has 2 atom stereocenters. The van der Waals surface area contributed by atoms with Crippen LogP contribution in [0.25, 0.3) is 0 Å². The second-order valence-corrected chi connectivity index (χ2v) is 6.89. The average molecular weight is 309 g/mol. The quantitative estimate of drug-likeness (QED) is 0.838. The maximum absolute atomic E-state index is 12.4. The van der Waals surface area contributed by atoms with Crippen LogP contribution in [0.5, 0.6) is 0 Å². The second kappa shape index (κ2) is 8.39. The van der Waals surface area contributed by atoms with Gasteiger partial charge in [-0.15, -0.1) is 0 Å². The molecule has 3 amide bonds. The van der Waals surface area contributed by atoms with Gasteiger partial charge in [0.05, 0.1) is 5.92 Å². The van der Waals surface area contributed by atoms with Crippen LogP contribution in [0.2, 0.25) is 0 Å². The topological polar surface area (TPSA) is 61.4 Å². The van der Waals surface area contributed by atoms with Crippen LogP contribution in [-0.2, 0) is 4.79 Å². The van der Waals surface area contributed by atoms with Crippen molar-refractivity contribution in [2.45, 2.75) is 77.3 Å². The third-order valence-electron chi connectivity index (χ3n) is 5.01. The second-order valence-electron chi connectivity index (χ2n) is 6.89. The summed E-state index contributed by atoms with van der Waals surface area (Å²) in [6, 6.07) is 0.558. The molecule has 0 aromatic rings. The normalized spacial score (nSPS) is 24.6. The van der Waals surface area contributed by atoms with E-state index in [4.69, 9.17) is 0 Å². The van der Waals surface area contributed by atoms with Crippen molar-refractivity contribution in [1.29, 1.82) is 0 Å². The third kappa shape index (κ3) is 4.89. The van der Waals surface area contributed by atoms with Gasteiger partial charge in [0.25, 0.3) is 0 Å². The van der Waals surface area contributed by atoms with Crippen LogP contribution in [0.1, 0.15) is 65.2 Å². The molecule has 0 aromatic carbocycles. The van der Waals surface area contributed by atoms with Gasteiger partial charge < -0.3 is 15.5 Å². The maximum Gasteiger partial charge on any atom is 0.317 e. The lowest BCUT2D eigenvalue weighted by Crippen LogP contribution is -2.51. The summed E-state index contributed by atoms with van der Waals surface area (Å²) in [6.07, 6.45) is 8.63. The van der Waals surface area contributed by atoms with Gasteiger partial charge in [-0.05, 0) is 39.0 Å². The number of likely N-dealkylation sites (tertiary alicyclic amines) is 1. The lowest BCUT2D eigenvalue weighted by molar-refractivity contribution is -0.126. The number of nitrogens with one attached hydrogen (secondary N) is 2.